The first-order valence-electron chi connectivity index (χ1n) is 7.71. The zero-order chi connectivity index (χ0) is 15.3. The predicted octanol–water partition coefficient (Wildman–Crippen LogP) is 3.30. The minimum absolute atomic E-state index is 0.148. The van der Waals surface area contributed by atoms with E-state index in [4.69, 9.17) is 0 Å². The van der Waals surface area contributed by atoms with Gasteiger partial charge in [0, 0.05) is 6.42 Å². The summed E-state index contributed by atoms with van der Waals surface area (Å²) in [5.74, 6) is -0.518. The average molecular weight is 307 g/mol. The Morgan fingerprint density at radius 2 is 1.40 bits per heavy atom. The Hall–Kier alpha value is -0.620. The molecule has 0 radical (unpaired) electrons. The number of hydrogen-bond donors (Lipinski definition) is 1. The molecule has 0 saturated heterocycles. The molecule has 0 aromatic carbocycles. The van der Waals surface area contributed by atoms with Gasteiger partial charge in [-0.05, 0) is 13.3 Å². The Kier molecular flexibility index (Phi) is 11.8. The van der Waals surface area contributed by atoms with Gasteiger partial charge in [-0.15, -0.1) is 4.28 Å². The van der Waals surface area contributed by atoms with Gasteiger partial charge in [0.1, 0.15) is 0 Å². The molecular formula is C14H29NO4S. The second-order valence-corrected chi connectivity index (χ2v) is 6.89. The minimum atomic E-state index is -3.60. The Bertz CT molecular complexity index is 341. The molecule has 0 aromatic heterocycles. The fourth-order valence-corrected chi connectivity index (χ4v) is 2.15. The fourth-order valence-electron chi connectivity index (χ4n) is 1.82. The molecule has 0 aliphatic rings. The molecule has 20 heavy (non-hydrogen) atoms. The molecule has 0 saturated carbocycles. The number of amides is 1. The van der Waals surface area contributed by atoms with Crippen molar-refractivity contribution in [2.75, 3.05) is 5.75 Å². The van der Waals surface area contributed by atoms with Crippen LogP contribution in [0.1, 0.15) is 78.1 Å². The van der Waals surface area contributed by atoms with Crippen molar-refractivity contribution in [1.29, 1.82) is 0 Å². The molecule has 0 heterocycles. The van der Waals surface area contributed by atoms with Gasteiger partial charge in [-0.25, -0.2) is 5.48 Å². The average Bonchev–Trinajstić information content (AvgIpc) is 2.43. The maximum absolute atomic E-state index is 11.3. The fraction of sp³-hybridized carbons (Fsp3) is 0.929. The summed E-state index contributed by atoms with van der Waals surface area (Å²) in [6, 6.07) is 0. The van der Waals surface area contributed by atoms with E-state index in [-0.39, 0.29) is 11.7 Å². The van der Waals surface area contributed by atoms with Crippen LogP contribution in [0.25, 0.3) is 0 Å². The summed E-state index contributed by atoms with van der Waals surface area (Å²) < 4.78 is 26.3. The second kappa shape index (κ2) is 12.1. The van der Waals surface area contributed by atoms with Crippen LogP contribution in [0.3, 0.4) is 0 Å². The van der Waals surface area contributed by atoms with Gasteiger partial charge in [-0.2, -0.15) is 8.42 Å². The molecule has 0 bridgehead atoms. The van der Waals surface area contributed by atoms with Gasteiger partial charge in [0.05, 0.1) is 5.75 Å². The van der Waals surface area contributed by atoms with Crippen LogP contribution in [0.15, 0.2) is 0 Å². The third-order valence-corrected chi connectivity index (χ3v) is 4.19. The van der Waals surface area contributed by atoms with E-state index in [0.717, 1.165) is 19.3 Å². The highest BCUT2D eigenvalue weighted by molar-refractivity contribution is 7.86. The third-order valence-electron chi connectivity index (χ3n) is 3.14. The first-order chi connectivity index (χ1) is 9.52. The minimum Gasteiger partial charge on any atom is -0.273 e. The van der Waals surface area contributed by atoms with E-state index in [0.29, 0.717) is 6.42 Å². The summed E-state index contributed by atoms with van der Waals surface area (Å²) in [5, 5.41) is 0. The van der Waals surface area contributed by atoms with E-state index >= 15 is 0 Å². The molecule has 0 fully saturated rings. The molecule has 5 nitrogen and oxygen atoms in total. The van der Waals surface area contributed by atoms with Gasteiger partial charge in [-0.3, -0.25) is 4.79 Å². The lowest BCUT2D eigenvalue weighted by atomic mass is 10.1. The summed E-state index contributed by atoms with van der Waals surface area (Å²) in [5.41, 5.74) is 1.97. The quantitative estimate of drug-likeness (QED) is 0.418. The number of nitrogens with one attached hydrogen (secondary N) is 1. The zero-order valence-corrected chi connectivity index (χ0v) is 13.6. The largest absolute Gasteiger partial charge is 0.287 e. The van der Waals surface area contributed by atoms with Crippen molar-refractivity contribution in [3.63, 3.8) is 0 Å². The zero-order valence-electron chi connectivity index (χ0n) is 12.8. The summed E-state index contributed by atoms with van der Waals surface area (Å²) in [6.07, 6.45) is 10.9. The van der Waals surface area contributed by atoms with Crippen molar-refractivity contribution in [2.24, 2.45) is 0 Å². The van der Waals surface area contributed by atoms with E-state index < -0.39 is 10.1 Å². The Balaban J connectivity index is 3.36. The molecule has 0 atom stereocenters. The normalized spacial score (nSPS) is 11.5. The number of rotatable bonds is 13. The monoisotopic (exact) mass is 307 g/mol. The standard InChI is InChI=1S/C14H29NO4S/c1-3-5-6-7-8-9-10-11-12-13-14(16)15-19-20(17,18)4-2/h3-13H2,1-2H3,(H,15,16). The van der Waals surface area contributed by atoms with Crippen molar-refractivity contribution in [1.82, 2.24) is 5.48 Å². The number of carbonyl (C=O) groups is 1. The number of carbonyl (C=O) groups excluding carboxylic acids is 1. The van der Waals surface area contributed by atoms with E-state index in [2.05, 4.69) is 11.2 Å². The summed E-state index contributed by atoms with van der Waals surface area (Å²) in [4.78, 5) is 11.3. The van der Waals surface area contributed by atoms with Crippen LogP contribution >= 0.6 is 0 Å². The maximum atomic E-state index is 11.3. The predicted molar refractivity (Wildman–Crippen MR) is 80.5 cm³/mol. The molecule has 0 aliphatic heterocycles. The lowest BCUT2D eigenvalue weighted by Crippen LogP contribution is -2.27. The lowest BCUT2D eigenvalue weighted by molar-refractivity contribution is -0.127. The Morgan fingerprint density at radius 1 is 0.900 bits per heavy atom. The molecule has 0 aromatic rings. The number of unbranched alkanes of at least 4 members (excludes halogenated alkanes) is 8. The number of hydrogen-bond acceptors (Lipinski definition) is 4. The van der Waals surface area contributed by atoms with Gasteiger partial charge in [-0.1, -0.05) is 58.3 Å². The van der Waals surface area contributed by atoms with Gasteiger partial charge in [0.15, 0.2) is 0 Å². The molecule has 0 spiro atoms. The molecule has 1 amide bonds. The van der Waals surface area contributed by atoms with E-state index in [9.17, 15) is 13.2 Å². The first kappa shape index (κ1) is 19.4. The highest BCUT2D eigenvalue weighted by atomic mass is 32.2. The summed E-state index contributed by atoms with van der Waals surface area (Å²) in [7, 11) is -3.60. The van der Waals surface area contributed by atoms with Crippen molar-refractivity contribution in [3.05, 3.63) is 0 Å². The van der Waals surface area contributed by atoms with Gasteiger partial charge in [0.25, 0.3) is 10.1 Å². The molecule has 120 valence electrons. The van der Waals surface area contributed by atoms with Gasteiger partial charge < -0.3 is 0 Å². The molecule has 1 N–H and O–H groups in total. The van der Waals surface area contributed by atoms with Gasteiger partial charge in [0.2, 0.25) is 5.91 Å². The van der Waals surface area contributed by atoms with Crippen LogP contribution in [-0.4, -0.2) is 20.1 Å². The Labute approximate surface area is 123 Å². The van der Waals surface area contributed by atoms with E-state index in [1.165, 1.54) is 45.4 Å². The highest BCUT2D eigenvalue weighted by Gasteiger charge is 2.10. The SMILES string of the molecule is CCCCCCCCCCCC(=O)NOS(=O)(=O)CC. The van der Waals surface area contributed by atoms with Crippen LogP contribution in [0.2, 0.25) is 0 Å². The highest BCUT2D eigenvalue weighted by Crippen LogP contribution is 2.10. The van der Waals surface area contributed by atoms with Crippen LogP contribution in [0, 0.1) is 0 Å². The van der Waals surface area contributed by atoms with Crippen LogP contribution in [0.5, 0.6) is 0 Å². The maximum Gasteiger partial charge on any atom is 0.287 e. The molecule has 6 heteroatoms. The van der Waals surface area contributed by atoms with Crippen molar-refractivity contribution in [3.8, 4) is 0 Å². The van der Waals surface area contributed by atoms with Crippen LogP contribution < -0.4 is 5.48 Å². The first-order valence-corrected chi connectivity index (χ1v) is 9.29. The van der Waals surface area contributed by atoms with Crippen molar-refractivity contribution >= 4 is 16.0 Å². The summed E-state index contributed by atoms with van der Waals surface area (Å²) >= 11 is 0. The van der Waals surface area contributed by atoms with Crippen LogP contribution in [0.4, 0.5) is 0 Å². The summed E-state index contributed by atoms with van der Waals surface area (Å²) in [6.45, 7) is 3.67. The van der Waals surface area contributed by atoms with Crippen molar-refractivity contribution < 1.29 is 17.5 Å². The van der Waals surface area contributed by atoms with Crippen molar-refractivity contribution in [2.45, 2.75) is 78.1 Å². The molecule has 0 aliphatic carbocycles. The topological polar surface area (TPSA) is 72.5 Å². The Morgan fingerprint density at radius 3 is 1.90 bits per heavy atom. The van der Waals surface area contributed by atoms with Crippen LogP contribution in [-0.2, 0) is 19.2 Å². The van der Waals surface area contributed by atoms with E-state index in [1.807, 2.05) is 5.48 Å². The smallest absolute Gasteiger partial charge is 0.273 e. The second-order valence-electron chi connectivity index (χ2n) is 5.03. The number of hydroxylamine groups is 1. The third kappa shape index (κ3) is 12.4. The molecular weight excluding hydrogens is 278 g/mol. The van der Waals surface area contributed by atoms with Gasteiger partial charge >= 0.3 is 0 Å². The molecule has 0 unspecified atom stereocenters. The van der Waals surface area contributed by atoms with E-state index in [1.54, 1.807) is 0 Å². The lowest BCUT2D eigenvalue weighted by Gasteiger charge is -2.05. The molecule has 0 rings (SSSR count).